The summed E-state index contributed by atoms with van der Waals surface area (Å²) >= 11 is 6.28. The summed E-state index contributed by atoms with van der Waals surface area (Å²) in [5, 5.41) is 15.3. The number of halogens is 1. The lowest BCUT2D eigenvalue weighted by atomic mass is 10.0. The molecule has 0 spiro atoms. The van der Waals surface area contributed by atoms with Crippen LogP contribution in [0.3, 0.4) is 0 Å². The number of nitrogens with one attached hydrogen (secondary N) is 2. The highest BCUT2D eigenvalue weighted by atomic mass is 35.5. The molecule has 36 heavy (non-hydrogen) atoms. The predicted octanol–water partition coefficient (Wildman–Crippen LogP) is 3.56. The van der Waals surface area contributed by atoms with Gasteiger partial charge < -0.3 is 30.9 Å². The monoisotopic (exact) mass is 509 g/mol. The van der Waals surface area contributed by atoms with Gasteiger partial charge >= 0.3 is 12.0 Å². The third-order valence-corrected chi connectivity index (χ3v) is 6.55. The van der Waals surface area contributed by atoms with Crippen LogP contribution in [-0.2, 0) is 17.9 Å². The number of aromatic nitrogens is 1. The van der Waals surface area contributed by atoms with E-state index in [0.29, 0.717) is 22.8 Å². The van der Waals surface area contributed by atoms with Crippen molar-refractivity contribution in [2.45, 2.75) is 32.0 Å². The summed E-state index contributed by atoms with van der Waals surface area (Å²) in [5.41, 5.74) is 8.31. The van der Waals surface area contributed by atoms with E-state index in [1.807, 2.05) is 23.1 Å². The molecule has 2 aromatic carbocycles. The Kier molecular flexibility index (Phi) is 7.92. The van der Waals surface area contributed by atoms with Crippen LogP contribution in [0, 0.1) is 0 Å². The number of carboxylic acid groups (broad SMARTS) is 1. The second-order valence-corrected chi connectivity index (χ2v) is 9.04. The summed E-state index contributed by atoms with van der Waals surface area (Å²) in [6.07, 6.45) is 2.36. The van der Waals surface area contributed by atoms with E-state index in [0.717, 1.165) is 30.6 Å². The number of rotatable bonds is 9. The van der Waals surface area contributed by atoms with Crippen LogP contribution in [0.2, 0.25) is 5.02 Å². The standard InChI is InChI=1S/C26H28ClN5O4/c27-20-5-2-1-4-19(20)16-32-13-10-22(31-11-3-12-31)24(25(32)35)30-26(36)29-21(14-23(33)34)18-8-6-17(15-28)7-9-18/h1-2,4-10,13,21H,3,11-12,14-16,28H2,(H,33,34)(H2,29,30,36). The highest BCUT2D eigenvalue weighted by Crippen LogP contribution is 2.27. The van der Waals surface area contributed by atoms with Gasteiger partial charge in [-0.15, -0.1) is 0 Å². The van der Waals surface area contributed by atoms with Crippen molar-refractivity contribution in [2.75, 3.05) is 23.3 Å². The van der Waals surface area contributed by atoms with Crippen LogP contribution in [0.5, 0.6) is 0 Å². The van der Waals surface area contributed by atoms with Crippen molar-refractivity contribution in [2.24, 2.45) is 5.73 Å². The summed E-state index contributed by atoms with van der Waals surface area (Å²) < 4.78 is 1.49. The number of pyridine rings is 1. The molecule has 1 aromatic heterocycles. The number of hydrogen-bond acceptors (Lipinski definition) is 5. The first-order valence-corrected chi connectivity index (χ1v) is 12.0. The van der Waals surface area contributed by atoms with Gasteiger partial charge in [0.1, 0.15) is 5.69 Å². The van der Waals surface area contributed by atoms with Crippen LogP contribution in [0.25, 0.3) is 0 Å². The molecule has 4 rings (SSSR count). The maximum atomic E-state index is 13.4. The first-order valence-electron chi connectivity index (χ1n) is 11.7. The van der Waals surface area contributed by atoms with Crippen molar-refractivity contribution in [1.82, 2.24) is 9.88 Å². The van der Waals surface area contributed by atoms with Crippen molar-refractivity contribution in [3.05, 3.63) is 92.9 Å². The van der Waals surface area contributed by atoms with Crippen molar-refractivity contribution in [3.63, 3.8) is 0 Å². The zero-order chi connectivity index (χ0) is 25.7. The van der Waals surface area contributed by atoms with Gasteiger partial charge in [-0.3, -0.25) is 9.59 Å². The fourth-order valence-electron chi connectivity index (χ4n) is 4.06. The van der Waals surface area contributed by atoms with Crippen molar-refractivity contribution in [1.29, 1.82) is 0 Å². The van der Waals surface area contributed by atoms with Crippen molar-refractivity contribution < 1.29 is 14.7 Å². The molecular weight excluding hydrogens is 482 g/mol. The van der Waals surface area contributed by atoms with Gasteiger partial charge in [0.15, 0.2) is 0 Å². The number of carboxylic acids is 1. The minimum absolute atomic E-state index is 0.134. The molecule has 5 N–H and O–H groups in total. The zero-order valence-electron chi connectivity index (χ0n) is 19.6. The zero-order valence-corrected chi connectivity index (χ0v) is 20.4. The molecule has 1 aliphatic heterocycles. The molecule has 1 unspecified atom stereocenters. The lowest BCUT2D eigenvalue weighted by Gasteiger charge is -2.34. The third-order valence-electron chi connectivity index (χ3n) is 6.18. The SMILES string of the molecule is NCc1ccc(C(CC(=O)O)NC(=O)Nc2c(N3CCC3)ccn(Cc3ccccc3Cl)c2=O)cc1. The molecule has 10 heteroatoms. The maximum Gasteiger partial charge on any atom is 0.319 e. The predicted molar refractivity (Wildman–Crippen MR) is 140 cm³/mol. The molecule has 188 valence electrons. The molecule has 1 atom stereocenters. The molecule has 0 aliphatic carbocycles. The Balaban J connectivity index is 1.60. The molecule has 1 aliphatic rings. The lowest BCUT2D eigenvalue weighted by Crippen LogP contribution is -2.41. The van der Waals surface area contributed by atoms with Gasteiger partial charge in [0.05, 0.1) is 24.7 Å². The summed E-state index contributed by atoms with van der Waals surface area (Å²) in [6.45, 7) is 2.15. The van der Waals surface area contributed by atoms with E-state index in [1.54, 1.807) is 42.6 Å². The smallest absolute Gasteiger partial charge is 0.319 e. The number of carbonyl (C=O) groups is 2. The molecule has 2 amide bonds. The molecule has 1 saturated heterocycles. The van der Waals surface area contributed by atoms with E-state index >= 15 is 0 Å². The van der Waals surface area contributed by atoms with Gasteiger partial charge in [0.25, 0.3) is 5.56 Å². The van der Waals surface area contributed by atoms with E-state index in [-0.39, 0.29) is 24.2 Å². The molecule has 1 fully saturated rings. The number of benzene rings is 2. The van der Waals surface area contributed by atoms with Crippen molar-refractivity contribution >= 4 is 35.0 Å². The highest BCUT2D eigenvalue weighted by Gasteiger charge is 2.24. The topological polar surface area (TPSA) is 130 Å². The highest BCUT2D eigenvalue weighted by molar-refractivity contribution is 6.31. The second kappa shape index (κ2) is 11.3. The Morgan fingerprint density at radius 1 is 1.08 bits per heavy atom. The quantitative estimate of drug-likeness (QED) is 0.349. The minimum atomic E-state index is -1.06. The number of amides is 2. The summed E-state index contributed by atoms with van der Waals surface area (Å²) in [4.78, 5) is 40.0. The molecule has 0 radical (unpaired) electrons. The Morgan fingerprint density at radius 2 is 1.81 bits per heavy atom. The van der Waals surface area contributed by atoms with E-state index < -0.39 is 18.0 Å². The number of anilines is 2. The average molecular weight is 510 g/mol. The second-order valence-electron chi connectivity index (χ2n) is 8.64. The first-order chi connectivity index (χ1) is 17.4. The lowest BCUT2D eigenvalue weighted by molar-refractivity contribution is -0.137. The Hall–Kier alpha value is -3.82. The van der Waals surface area contributed by atoms with Crippen LogP contribution >= 0.6 is 11.6 Å². The summed E-state index contributed by atoms with van der Waals surface area (Å²) in [6, 6.07) is 14.6. The molecular formula is C26H28ClN5O4. The van der Waals surface area contributed by atoms with Crippen LogP contribution in [0.4, 0.5) is 16.2 Å². The number of carbonyl (C=O) groups excluding carboxylic acids is 1. The normalized spacial score (nSPS) is 13.6. The van der Waals surface area contributed by atoms with Gasteiger partial charge in [-0.1, -0.05) is 54.1 Å². The van der Waals surface area contributed by atoms with Crippen LogP contribution in [-0.4, -0.2) is 34.8 Å². The maximum absolute atomic E-state index is 13.4. The number of nitrogens with two attached hydrogens (primary N) is 1. The van der Waals surface area contributed by atoms with E-state index in [4.69, 9.17) is 17.3 Å². The van der Waals surface area contributed by atoms with E-state index in [1.165, 1.54) is 4.57 Å². The van der Waals surface area contributed by atoms with Crippen LogP contribution < -0.4 is 26.8 Å². The van der Waals surface area contributed by atoms with Gasteiger partial charge in [-0.2, -0.15) is 0 Å². The third kappa shape index (κ3) is 5.87. The Bertz CT molecular complexity index is 1300. The number of hydrogen-bond donors (Lipinski definition) is 4. The van der Waals surface area contributed by atoms with Gasteiger partial charge in [-0.25, -0.2) is 4.79 Å². The van der Waals surface area contributed by atoms with Crippen molar-refractivity contribution in [3.8, 4) is 0 Å². The van der Waals surface area contributed by atoms with Crippen LogP contribution in [0.1, 0.15) is 35.6 Å². The fraction of sp³-hybridized carbons (Fsp3) is 0.269. The molecule has 3 aromatic rings. The molecule has 9 nitrogen and oxygen atoms in total. The number of aliphatic carboxylic acids is 1. The Labute approximate surface area is 213 Å². The van der Waals surface area contributed by atoms with Gasteiger partial charge in [0.2, 0.25) is 0 Å². The van der Waals surface area contributed by atoms with E-state index in [2.05, 4.69) is 10.6 Å². The molecule has 2 heterocycles. The van der Waals surface area contributed by atoms with Gasteiger partial charge in [0, 0.05) is 30.9 Å². The average Bonchev–Trinajstić information content (AvgIpc) is 2.82. The van der Waals surface area contributed by atoms with Gasteiger partial charge in [-0.05, 0) is 35.2 Å². The number of urea groups is 1. The Morgan fingerprint density at radius 3 is 2.42 bits per heavy atom. The van der Waals surface area contributed by atoms with Crippen LogP contribution in [0.15, 0.2) is 65.6 Å². The number of nitrogens with zero attached hydrogens (tertiary/aromatic N) is 2. The fourth-order valence-corrected chi connectivity index (χ4v) is 4.25. The van der Waals surface area contributed by atoms with E-state index in [9.17, 15) is 19.5 Å². The summed E-state index contributed by atoms with van der Waals surface area (Å²) in [7, 11) is 0. The molecule has 0 bridgehead atoms. The minimum Gasteiger partial charge on any atom is -0.481 e. The largest absolute Gasteiger partial charge is 0.481 e. The first kappa shape index (κ1) is 25.3. The summed E-state index contributed by atoms with van der Waals surface area (Å²) in [5.74, 6) is -1.06. The molecule has 0 saturated carbocycles.